The summed E-state index contributed by atoms with van der Waals surface area (Å²) in [7, 11) is 0. The Labute approximate surface area is 188 Å². The molecule has 2 N–H and O–H groups in total. The van der Waals surface area contributed by atoms with Gasteiger partial charge in [-0.2, -0.15) is 0 Å². The van der Waals surface area contributed by atoms with Crippen LogP contribution in [0.15, 0.2) is 12.1 Å². The number of esters is 1. The second kappa shape index (κ2) is 10.3. The van der Waals surface area contributed by atoms with E-state index in [1.807, 2.05) is 26.0 Å². The standard InChI is InChI=1S/C23H32ClNO6/c1-16-14-19(24)17(2)13-18(16)15-20(27)25-22(21(28)29-10-3-9-26)5-7-23(8-6-22)30-11-4-12-31-23/h13-14,26H,3-12,15H2,1-2H3,(H,25,27). The molecule has 1 aromatic rings. The average Bonchev–Trinajstić information content (AvgIpc) is 2.75. The van der Waals surface area contributed by atoms with Gasteiger partial charge in [0.2, 0.25) is 5.91 Å². The third kappa shape index (κ3) is 5.77. The van der Waals surface area contributed by atoms with Gasteiger partial charge in [-0.3, -0.25) is 4.79 Å². The van der Waals surface area contributed by atoms with Crippen LogP contribution in [0.25, 0.3) is 0 Å². The molecule has 0 bridgehead atoms. The van der Waals surface area contributed by atoms with Gasteiger partial charge in [0.15, 0.2) is 5.79 Å². The highest BCUT2D eigenvalue weighted by Crippen LogP contribution is 2.40. The molecule has 1 aromatic carbocycles. The van der Waals surface area contributed by atoms with Crippen molar-refractivity contribution in [3.05, 3.63) is 33.8 Å². The number of amides is 1. The second-order valence-corrected chi connectivity index (χ2v) is 8.92. The van der Waals surface area contributed by atoms with E-state index in [2.05, 4.69) is 5.32 Å². The maximum atomic E-state index is 13.0. The highest BCUT2D eigenvalue weighted by Gasteiger charge is 2.50. The summed E-state index contributed by atoms with van der Waals surface area (Å²) >= 11 is 6.17. The quantitative estimate of drug-likeness (QED) is 0.487. The molecule has 0 unspecified atom stereocenters. The largest absolute Gasteiger partial charge is 0.464 e. The number of hydrogen-bond donors (Lipinski definition) is 2. The minimum atomic E-state index is -1.13. The van der Waals surface area contributed by atoms with Gasteiger partial charge in [-0.05, 0) is 55.9 Å². The zero-order chi connectivity index (χ0) is 22.5. The molecule has 0 aromatic heterocycles. The van der Waals surface area contributed by atoms with Crippen molar-refractivity contribution in [1.82, 2.24) is 5.32 Å². The van der Waals surface area contributed by atoms with E-state index in [0.717, 1.165) is 23.1 Å². The normalized spacial score (nSPS) is 19.7. The summed E-state index contributed by atoms with van der Waals surface area (Å²) in [6.07, 6.45) is 3.10. The first-order valence-electron chi connectivity index (χ1n) is 10.9. The predicted molar refractivity (Wildman–Crippen MR) is 116 cm³/mol. The molecule has 2 fully saturated rings. The van der Waals surface area contributed by atoms with Crippen LogP contribution in [0.2, 0.25) is 5.02 Å². The van der Waals surface area contributed by atoms with E-state index in [-0.39, 0.29) is 25.5 Å². The molecule has 1 aliphatic heterocycles. The van der Waals surface area contributed by atoms with Crippen LogP contribution in [-0.2, 0) is 30.2 Å². The first-order valence-corrected chi connectivity index (χ1v) is 11.3. The van der Waals surface area contributed by atoms with Gasteiger partial charge in [-0.15, -0.1) is 0 Å². The number of aliphatic hydroxyl groups is 1. The van der Waals surface area contributed by atoms with Crippen molar-refractivity contribution in [2.24, 2.45) is 0 Å². The fraction of sp³-hybridized carbons (Fsp3) is 0.652. The van der Waals surface area contributed by atoms with Crippen LogP contribution in [0.5, 0.6) is 0 Å². The van der Waals surface area contributed by atoms with Gasteiger partial charge in [-0.25, -0.2) is 4.79 Å². The van der Waals surface area contributed by atoms with Crippen LogP contribution in [-0.4, -0.2) is 54.7 Å². The lowest BCUT2D eigenvalue weighted by Gasteiger charge is -2.46. The molecule has 7 nitrogen and oxygen atoms in total. The van der Waals surface area contributed by atoms with Crippen molar-refractivity contribution in [1.29, 1.82) is 0 Å². The number of aliphatic hydroxyl groups excluding tert-OH is 1. The van der Waals surface area contributed by atoms with Crippen molar-refractivity contribution in [2.45, 2.75) is 70.1 Å². The fourth-order valence-corrected chi connectivity index (χ4v) is 4.44. The molecule has 0 atom stereocenters. The number of nitrogens with one attached hydrogen (secondary N) is 1. The fourth-order valence-electron chi connectivity index (χ4n) is 4.23. The zero-order valence-corrected chi connectivity index (χ0v) is 19.1. The molecule has 1 saturated heterocycles. The molecule has 1 saturated carbocycles. The van der Waals surface area contributed by atoms with Crippen LogP contribution in [0.4, 0.5) is 0 Å². The Balaban J connectivity index is 1.73. The third-order valence-electron chi connectivity index (χ3n) is 6.16. The van der Waals surface area contributed by atoms with E-state index in [0.29, 0.717) is 50.3 Å². The molecular weight excluding hydrogens is 422 g/mol. The summed E-state index contributed by atoms with van der Waals surface area (Å²) < 4.78 is 17.2. The molecule has 1 aliphatic carbocycles. The van der Waals surface area contributed by atoms with Crippen molar-refractivity contribution < 1.29 is 28.9 Å². The SMILES string of the molecule is Cc1cc(CC(=O)NC2(C(=O)OCCCO)CCC3(CC2)OCCCO3)c(C)cc1Cl. The zero-order valence-electron chi connectivity index (χ0n) is 18.3. The number of halogens is 1. The Morgan fingerprint density at radius 2 is 1.81 bits per heavy atom. The molecule has 1 spiro atoms. The first kappa shape index (κ1) is 24.0. The van der Waals surface area contributed by atoms with Crippen LogP contribution in [0.3, 0.4) is 0 Å². The number of rotatable bonds is 7. The molecule has 31 heavy (non-hydrogen) atoms. The maximum absolute atomic E-state index is 13.0. The van der Waals surface area contributed by atoms with Crippen molar-refractivity contribution in [2.75, 3.05) is 26.4 Å². The molecule has 3 rings (SSSR count). The summed E-state index contributed by atoms with van der Waals surface area (Å²) in [4.78, 5) is 26.0. The Morgan fingerprint density at radius 3 is 2.45 bits per heavy atom. The Bertz CT molecular complexity index is 796. The minimum absolute atomic E-state index is 0.0629. The van der Waals surface area contributed by atoms with Gasteiger partial charge >= 0.3 is 5.97 Å². The third-order valence-corrected chi connectivity index (χ3v) is 6.56. The second-order valence-electron chi connectivity index (χ2n) is 8.51. The lowest BCUT2D eigenvalue weighted by Crippen LogP contribution is -2.60. The van der Waals surface area contributed by atoms with Crippen LogP contribution in [0.1, 0.15) is 55.2 Å². The molecule has 2 aliphatic rings. The van der Waals surface area contributed by atoms with Gasteiger partial charge in [-0.1, -0.05) is 17.7 Å². The van der Waals surface area contributed by atoms with Gasteiger partial charge in [0, 0.05) is 30.9 Å². The Morgan fingerprint density at radius 1 is 1.13 bits per heavy atom. The van der Waals surface area contributed by atoms with E-state index < -0.39 is 17.3 Å². The lowest BCUT2D eigenvalue weighted by atomic mass is 9.78. The molecular formula is C23H32ClNO6. The summed E-state index contributed by atoms with van der Waals surface area (Å²) in [6.45, 7) is 5.13. The topological polar surface area (TPSA) is 94.1 Å². The molecule has 1 heterocycles. The summed E-state index contributed by atoms with van der Waals surface area (Å²) in [5.41, 5.74) is 1.57. The van der Waals surface area contributed by atoms with E-state index in [1.165, 1.54) is 0 Å². The molecule has 8 heteroatoms. The maximum Gasteiger partial charge on any atom is 0.331 e. The number of benzene rings is 1. The van der Waals surface area contributed by atoms with E-state index in [4.69, 9.17) is 30.9 Å². The highest BCUT2D eigenvalue weighted by molar-refractivity contribution is 6.31. The number of carbonyl (C=O) groups is 2. The summed E-state index contributed by atoms with van der Waals surface area (Å²) in [5.74, 6) is -1.39. The number of aryl methyl sites for hydroxylation is 2. The van der Waals surface area contributed by atoms with Gasteiger partial charge in [0.05, 0.1) is 26.2 Å². The minimum Gasteiger partial charge on any atom is -0.464 e. The molecule has 172 valence electrons. The Hall–Kier alpha value is -1.67. The smallest absolute Gasteiger partial charge is 0.331 e. The van der Waals surface area contributed by atoms with Gasteiger partial charge in [0.1, 0.15) is 5.54 Å². The lowest BCUT2D eigenvalue weighted by molar-refractivity contribution is -0.284. The highest BCUT2D eigenvalue weighted by atomic mass is 35.5. The van der Waals surface area contributed by atoms with Crippen LogP contribution in [0, 0.1) is 13.8 Å². The van der Waals surface area contributed by atoms with Crippen molar-refractivity contribution in [3.63, 3.8) is 0 Å². The van der Waals surface area contributed by atoms with Crippen LogP contribution >= 0.6 is 11.6 Å². The van der Waals surface area contributed by atoms with Crippen LogP contribution < -0.4 is 5.32 Å². The summed E-state index contributed by atoms with van der Waals surface area (Å²) in [6, 6.07) is 3.75. The van der Waals surface area contributed by atoms with Gasteiger partial charge in [0.25, 0.3) is 0 Å². The first-order chi connectivity index (χ1) is 14.8. The van der Waals surface area contributed by atoms with E-state index >= 15 is 0 Å². The molecule has 0 radical (unpaired) electrons. The predicted octanol–water partition coefficient (Wildman–Crippen LogP) is 2.99. The van der Waals surface area contributed by atoms with E-state index in [9.17, 15) is 9.59 Å². The Kier molecular flexibility index (Phi) is 7.97. The number of ether oxygens (including phenoxy) is 3. The molecule has 1 amide bonds. The van der Waals surface area contributed by atoms with Crippen molar-refractivity contribution >= 4 is 23.5 Å². The number of hydrogen-bond acceptors (Lipinski definition) is 6. The number of carbonyl (C=O) groups excluding carboxylic acids is 2. The van der Waals surface area contributed by atoms with E-state index in [1.54, 1.807) is 0 Å². The average molecular weight is 454 g/mol. The van der Waals surface area contributed by atoms with Gasteiger partial charge < -0.3 is 24.6 Å². The van der Waals surface area contributed by atoms with Crippen molar-refractivity contribution in [3.8, 4) is 0 Å². The monoisotopic (exact) mass is 453 g/mol. The summed E-state index contributed by atoms with van der Waals surface area (Å²) in [5, 5.41) is 12.6.